The molecule has 2 atom stereocenters. The zero-order chi connectivity index (χ0) is 13.5. The van der Waals surface area contributed by atoms with Crippen LogP contribution in [0.15, 0.2) is 0 Å². The van der Waals surface area contributed by atoms with Gasteiger partial charge in [-0.2, -0.15) is 0 Å². The van der Waals surface area contributed by atoms with E-state index in [1.54, 1.807) is 0 Å². The summed E-state index contributed by atoms with van der Waals surface area (Å²) in [6.45, 7) is 15.8. The molecule has 0 rings (SSSR count). The molecule has 3 heteroatoms. The molecule has 0 saturated carbocycles. The molecule has 0 spiro atoms. The van der Waals surface area contributed by atoms with Crippen molar-refractivity contribution in [1.29, 1.82) is 0 Å². The Hall–Kier alpha value is -0.120. The van der Waals surface area contributed by atoms with Crippen molar-refractivity contribution in [3.8, 4) is 0 Å². The first-order valence-electron chi connectivity index (χ1n) is 7.28. The molecule has 0 aromatic carbocycles. The summed E-state index contributed by atoms with van der Waals surface area (Å²) in [5.41, 5.74) is 3.29. The second-order valence-corrected chi connectivity index (χ2v) is 5.01. The summed E-state index contributed by atoms with van der Waals surface area (Å²) in [6.07, 6.45) is 3.45. The van der Waals surface area contributed by atoms with Crippen molar-refractivity contribution in [2.24, 2.45) is 11.8 Å². The molecule has 0 fully saturated rings. The number of nitrogens with two attached hydrogens (primary N) is 1. The second-order valence-electron chi connectivity index (χ2n) is 5.01. The minimum atomic E-state index is 0.188. The number of nitrogens with one attached hydrogen (secondary N) is 1. The van der Waals surface area contributed by atoms with Crippen molar-refractivity contribution in [2.75, 3.05) is 13.1 Å². The number of hydrogen-bond donors (Lipinski definition) is 2. The quantitative estimate of drug-likeness (QED) is 0.483. The zero-order valence-corrected chi connectivity index (χ0v) is 12.7. The summed E-state index contributed by atoms with van der Waals surface area (Å²) in [5.74, 6) is 6.45. The molecule has 3 nitrogen and oxygen atoms in total. The molecule has 0 aliphatic rings. The maximum absolute atomic E-state index is 5.86. The van der Waals surface area contributed by atoms with Gasteiger partial charge in [-0.05, 0) is 31.8 Å². The fourth-order valence-electron chi connectivity index (χ4n) is 3.27. The van der Waals surface area contributed by atoms with E-state index in [1.165, 1.54) is 0 Å². The van der Waals surface area contributed by atoms with Gasteiger partial charge >= 0.3 is 0 Å². The van der Waals surface area contributed by atoms with E-state index >= 15 is 0 Å². The average Bonchev–Trinajstić information content (AvgIpc) is 2.38. The van der Waals surface area contributed by atoms with Crippen molar-refractivity contribution in [1.82, 2.24) is 10.3 Å². The zero-order valence-electron chi connectivity index (χ0n) is 12.7. The van der Waals surface area contributed by atoms with E-state index in [1.807, 2.05) is 0 Å². The van der Waals surface area contributed by atoms with Crippen LogP contribution in [-0.2, 0) is 0 Å². The van der Waals surface area contributed by atoms with Gasteiger partial charge in [0.1, 0.15) is 0 Å². The fraction of sp³-hybridized carbons (Fsp3) is 1.00. The number of hydrogen-bond acceptors (Lipinski definition) is 3. The van der Waals surface area contributed by atoms with Gasteiger partial charge in [0.2, 0.25) is 0 Å². The predicted octanol–water partition coefficient (Wildman–Crippen LogP) is 2.77. The van der Waals surface area contributed by atoms with Crippen LogP contribution in [0.2, 0.25) is 0 Å². The van der Waals surface area contributed by atoms with Gasteiger partial charge in [0, 0.05) is 11.6 Å². The summed E-state index contributed by atoms with van der Waals surface area (Å²) in [6, 6.07) is 0.363. The van der Waals surface area contributed by atoms with E-state index in [0.29, 0.717) is 12.0 Å². The van der Waals surface area contributed by atoms with Crippen LogP contribution in [0.1, 0.15) is 60.8 Å². The molecular weight excluding hydrogens is 210 g/mol. The van der Waals surface area contributed by atoms with Gasteiger partial charge in [-0.1, -0.05) is 48.0 Å². The monoisotopic (exact) mass is 243 g/mol. The first kappa shape index (κ1) is 16.9. The normalized spacial score (nSPS) is 16.2. The summed E-state index contributed by atoms with van der Waals surface area (Å²) in [5, 5.41) is 0. The Balaban J connectivity index is 5.25. The smallest absolute Gasteiger partial charge is 0.0419 e. The third kappa shape index (κ3) is 3.43. The predicted molar refractivity (Wildman–Crippen MR) is 76.8 cm³/mol. The number of nitrogens with zero attached hydrogens (tertiary/aromatic N) is 1. The van der Waals surface area contributed by atoms with Gasteiger partial charge in [0.15, 0.2) is 0 Å². The Labute approximate surface area is 108 Å². The lowest BCUT2D eigenvalue weighted by Crippen LogP contribution is -2.64. The van der Waals surface area contributed by atoms with E-state index in [0.717, 1.165) is 32.4 Å². The van der Waals surface area contributed by atoms with Crippen molar-refractivity contribution in [3.63, 3.8) is 0 Å². The Morgan fingerprint density at radius 3 is 1.76 bits per heavy atom. The van der Waals surface area contributed by atoms with Crippen LogP contribution in [0.5, 0.6) is 0 Å². The highest BCUT2D eigenvalue weighted by atomic mass is 15.3. The minimum absolute atomic E-state index is 0.188. The minimum Gasteiger partial charge on any atom is -0.297 e. The molecule has 104 valence electrons. The number of rotatable bonds is 9. The molecule has 0 aliphatic carbocycles. The molecule has 2 unspecified atom stereocenters. The van der Waals surface area contributed by atoms with Crippen LogP contribution < -0.4 is 11.3 Å². The molecule has 0 heterocycles. The standard InChI is InChI=1S/C14H33N3/c1-7-12(6)13(16-15)14(8-2,9-3)17(10-4)11-5/h12-13,16H,7-11,15H2,1-6H3. The molecule has 0 bridgehead atoms. The molecule has 0 radical (unpaired) electrons. The first-order valence-corrected chi connectivity index (χ1v) is 7.28. The molecule has 0 saturated heterocycles. The van der Waals surface area contributed by atoms with Crippen LogP contribution in [0.3, 0.4) is 0 Å². The number of hydrazine groups is 1. The van der Waals surface area contributed by atoms with E-state index in [-0.39, 0.29) is 5.54 Å². The van der Waals surface area contributed by atoms with Crippen LogP contribution in [0.4, 0.5) is 0 Å². The van der Waals surface area contributed by atoms with Crippen molar-refractivity contribution < 1.29 is 0 Å². The molecular formula is C14H33N3. The highest BCUT2D eigenvalue weighted by Crippen LogP contribution is 2.32. The third-order valence-corrected chi connectivity index (χ3v) is 4.59. The van der Waals surface area contributed by atoms with Crippen LogP contribution in [0.25, 0.3) is 0 Å². The van der Waals surface area contributed by atoms with Gasteiger partial charge in [0.05, 0.1) is 0 Å². The van der Waals surface area contributed by atoms with Crippen molar-refractivity contribution >= 4 is 0 Å². The molecule has 0 aromatic rings. The van der Waals surface area contributed by atoms with Gasteiger partial charge < -0.3 is 0 Å². The summed E-state index contributed by atoms with van der Waals surface area (Å²) in [7, 11) is 0. The van der Waals surface area contributed by atoms with Crippen LogP contribution >= 0.6 is 0 Å². The maximum atomic E-state index is 5.86. The van der Waals surface area contributed by atoms with E-state index in [9.17, 15) is 0 Å². The Morgan fingerprint density at radius 2 is 1.53 bits per heavy atom. The van der Waals surface area contributed by atoms with Crippen LogP contribution in [0, 0.1) is 5.92 Å². The van der Waals surface area contributed by atoms with Gasteiger partial charge in [-0.3, -0.25) is 16.2 Å². The third-order valence-electron chi connectivity index (χ3n) is 4.59. The Bertz CT molecular complexity index is 186. The summed E-state index contributed by atoms with van der Waals surface area (Å²) >= 11 is 0. The Morgan fingerprint density at radius 1 is 1.06 bits per heavy atom. The summed E-state index contributed by atoms with van der Waals surface area (Å²) in [4.78, 5) is 2.57. The number of likely N-dealkylation sites (N-methyl/N-ethyl adjacent to an activating group) is 1. The molecule has 3 N–H and O–H groups in total. The molecule has 0 aliphatic heterocycles. The van der Waals surface area contributed by atoms with Crippen LogP contribution in [-0.4, -0.2) is 29.6 Å². The van der Waals surface area contributed by atoms with Gasteiger partial charge in [-0.25, -0.2) is 0 Å². The molecule has 0 aromatic heterocycles. The highest BCUT2D eigenvalue weighted by Gasteiger charge is 2.41. The molecule has 0 amide bonds. The van der Waals surface area contributed by atoms with E-state index in [4.69, 9.17) is 5.84 Å². The average molecular weight is 243 g/mol. The van der Waals surface area contributed by atoms with E-state index < -0.39 is 0 Å². The largest absolute Gasteiger partial charge is 0.297 e. The molecule has 17 heavy (non-hydrogen) atoms. The second kappa shape index (κ2) is 8.06. The summed E-state index contributed by atoms with van der Waals surface area (Å²) < 4.78 is 0. The van der Waals surface area contributed by atoms with Gasteiger partial charge in [-0.15, -0.1) is 0 Å². The van der Waals surface area contributed by atoms with E-state index in [2.05, 4.69) is 51.9 Å². The maximum Gasteiger partial charge on any atom is 0.0419 e. The lowest BCUT2D eigenvalue weighted by atomic mass is 9.76. The SMILES string of the molecule is CCC(C)C(NN)C(CC)(CC)N(CC)CC. The van der Waals surface area contributed by atoms with Crippen molar-refractivity contribution in [3.05, 3.63) is 0 Å². The lowest BCUT2D eigenvalue weighted by molar-refractivity contribution is 0.0286. The lowest BCUT2D eigenvalue weighted by Gasteiger charge is -2.49. The first-order chi connectivity index (χ1) is 8.07. The van der Waals surface area contributed by atoms with Gasteiger partial charge in [0.25, 0.3) is 0 Å². The highest BCUT2D eigenvalue weighted by molar-refractivity contribution is 4.99. The fourth-order valence-corrected chi connectivity index (χ4v) is 3.27. The topological polar surface area (TPSA) is 41.3 Å². The Kier molecular flexibility index (Phi) is 8.01. The van der Waals surface area contributed by atoms with Crippen molar-refractivity contribution in [2.45, 2.75) is 72.4 Å².